The smallest absolute Gasteiger partial charge is 0.259 e. The van der Waals surface area contributed by atoms with Crippen molar-refractivity contribution in [3.05, 3.63) is 71.0 Å². The molecule has 2 aromatic carbocycles. The van der Waals surface area contributed by atoms with Crippen molar-refractivity contribution in [3.63, 3.8) is 0 Å². The molecule has 164 valence electrons. The normalized spacial score (nSPS) is 23.2. The fourth-order valence-corrected chi connectivity index (χ4v) is 4.96. The zero-order valence-electron chi connectivity index (χ0n) is 16.9. The molecule has 3 atom stereocenters. The third-order valence-electron chi connectivity index (χ3n) is 6.31. The predicted octanol–water partition coefficient (Wildman–Crippen LogP) is 2.59. The lowest BCUT2D eigenvalue weighted by molar-refractivity contribution is -0.123. The zero-order chi connectivity index (χ0) is 22.1. The van der Waals surface area contributed by atoms with Crippen molar-refractivity contribution in [2.24, 2.45) is 17.6 Å². The van der Waals surface area contributed by atoms with Crippen molar-refractivity contribution < 1.29 is 22.8 Å². The van der Waals surface area contributed by atoms with E-state index in [2.05, 4.69) is 17.0 Å². The van der Waals surface area contributed by atoms with E-state index in [4.69, 9.17) is 5.73 Å². The number of carbonyl (C=O) groups is 2. The third kappa shape index (κ3) is 4.30. The van der Waals surface area contributed by atoms with Gasteiger partial charge in [-0.3, -0.25) is 14.5 Å². The molecule has 0 aromatic heterocycles. The number of nitrogens with two attached hydrogens (primary N) is 1. The topological polar surface area (TPSA) is 66.6 Å². The summed E-state index contributed by atoms with van der Waals surface area (Å²) >= 11 is 0. The first-order chi connectivity index (χ1) is 14.8. The molecule has 8 heteroatoms. The third-order valence-corrected chi connectivity index (χ3v) is 6.31. The first-order valence-electron chi connectivity index (χ1n) is 10.4. The van der Waals surface area contributed by atoms with E-state index in [1.165, 1.54) is 10.5 Å². The molecule has 0 bridgehead atoms. The Labute approximate surface area is 178 Å². The monoisotopic (exact) mass is 431 g/mol. The quantitative estimate of drug-likeness (QED) is 0.765. The van der Waals surface area contributed by atoms with Crippen molar-refractivity contribution in [1.82, 2.24) is 9.80 Å². The van der Waals surface area contributed by atoms with E-state index in [9.17, 15) is 22.8 Å². The minimum atomic E-state index is -1.23. The first kappa shape index (κ1) is 21.4. The number of benzene rings is 2. The van der Waals surface area contributed by atoms with Crippen LogP contribution in [0.3, 0.4) is 0 Å². The van der Waals surface area contributed by atoms with Gasteiger partial charge in [-0.15, -0.1) is 0 Å². The average molecular weight is 431 g/mol. The fraction of sp³-hybridized carbons (Fsp3) is 0.391. The molecule has 0 aliphatic carbocycles. The number of hydrogen-bond acceptors (Lipinski definition) is 3. The van der Waals surface area contributed by atoms with Crippen LogP contribution in [0.15, 0.2) is 42.5 Å². The van der Waals surface area contributed by atoms with Crippen LogP contribution in [0.5, 0.6) is 0 Å². The molecule has 2 saturated heterocycles. The molecule has 2 aromatic rings. The summed E-state index contributed by atoms with van der Waals surface area (Å²) in [4.78, 5) is 28.3. The lowest BCUT2D eigenvalue weighted by Gasteiger charge is -2.27. The molecule has 0 radical (unpaired) electrons. The van der Waals surface area contributed by atoms with E-state index in [-0.39, 0.29) is 24.9 Å². The van der Waals surface area contributed by atoms with Crippen molar-refractivity contribution >= 4 is 11.8 Å². The summed E-state index contributed by atoms with van der Waals surface area (Å²) in [6.07, 6.45) is 1.74. The van der Waals surface area contributed by atoms with Gasteiger partial charge in [0.05, 0.1) is 6.04 Å². The van der Waals surface area contributed by atoms with Crippen LogP contribution in [-0.2, 0) is 11.2 Å². The number of rotatable bonds is 6. The summed E-state index contributed by atoms with van der Waals surface area (Å²) in [6, 6.07) is 10.5. The van der Waals surface area contributed by atoms with Gasteiger partial charge in [-0.25, -0.2) is 13.2 Å². The van der Waals surface area contributed by atoms with Crippen LogP contribution in [0.4, 0.5) is 13.2 Å². The number of carbonyl (C=O) groups excluding carboxylic acids is 2. The highest BCUT2D eigenvalue weighted by molar-refractivity contribution is 5.95. The Balaban J connectivity index is 1.42. The lowest BCUT2D eigenvalue weighted by atomic mass is 9.94. The second kappa shape index (κ2) is 8.70. The maximum atomic E-state index is 14.0. The summed E-state index contributed by atoms with van der Waals surface area (Å²) in [7, 11) is 0. The standard InChI is InChI=1S/C23H24F3N3O2/c24-16-9-18(25)20(19(26)10-16)23(31)29-12-15-11-28(21(22(27)30)17(15)13-29)8-4-7-14-5-2-1-3-6-14/h1-3,5-6,9-10,15,17,21H,4,7-8,11-13H2,(H2,27,30)/t15?,17-,21?/m1/s1. The number of nitrogens with zero attached hydrogens (tertiary/aromatic N) is 2. The Kier molecular flexibility index (Phi) is 6.00. The molecule has 2 unspecified atom stereocenters. The van der Waals surface area contributed by atoms with Crippen LogP contribution >= 0.6 is 0 Å². The average Bonchev–Trinajstić information content (AvgIpc) is 3.25. The minimum Gasteiger partial charge on any atom is -0.368 e. The Morgan fingerprint density at radius 3 is 2.32 bits per heavy atom. The summed E-state index contributed by atoms with van der Waals surface area (Å²) in [5.41, 5.74) is 6.13. The number of fused-ring (bicyclic) bond motifs is 1. The number of likely N-dealkylation sites (tertiary alicyclic amines) is 2. The number of halogens is 3. The highest BCUT2D eigenvalue weighted by Crippen LogP contribution is 2.37. The minimum absolute atomic E-state index is 0.00949. The van der Waals surface area contributed by atoms with E-state index in [1.807, 2.05) is 18.2 Å². The molecule has 2 fully saturated rings. The van der Waals surface area contributed by atoms with Crippen molar-refractivity contribution in [3.8, 4) is 0 Å². The molecule has 0 spiro atoms. The van der Waals surface area contributed by atoms with Crippen molar-refractivity contribution in [1.29, 1.82) is 0 Å². The molecule has 0 saturated carbocycles. The maximum Gasteiger partial charge on any atom is 0.259 e. The molecule has 2 aliphatic rings. The van der Waals surface area contributed by atoms with Crippen LogP contribution in [0.25, 0.3) is 0 Å². The van der Waals surface area contributed by atoms with Gasteiger partial charge in [-0.05, 0) is 30.9 Å². The Hall–Kier alpha value is -2.87. The number of primary amides is 1. The summed E-state index contributed by atoms with van der Waals surface area (Å²) in [5, 5.41) is 0. The van der Waals surface area contributed by atoms with Gasteiger partial charge in [-0.1, -0.05) is 30.3 Å². The van der Waals surface area contributed by atoms with Crippen molar-refractivity contribution in [2.45, 2.75) is 18.9 Å². The van der Waals surface area contributed by atoms with E-state index in [0.29, 0.717) is 25.2 Å². The Morgan fingerprint density at radius 2 is 1.68 bits per heavy atom. The first-order valence-corrected chi connectivity index (χ1v) is 10.4. The van der Waals surface area contributed by atoms with Gasteiger partial charge in [0.25, 0.3) is 5.91 Å². The Morgan fingerprint density at radius 1 is 1.00 bits per heavy atom. The number of aryl methyl sites for hydroxylation is 1. The van der Waals surface area contributed by atoms with E-state index in [0.717, 1.165) is 12.8 Å². The molecule has 2 amide bonds. The summed E-state index contributed by atoms with van der Waals surface area (Å²) in [6.45, 7) is 1.75. The highest BCUT2D eigenvalue weighted by Gasteiger charge is 2.50. The van der Waals surface area contributed by atoms with Crippen LogP contribution in [0.1, 0.15) is 22.3 Å². The second-order valence-electron chi connectivity index (χ2n) is 8.31. The summed E-state index contributed by atoms with van der Waals surface area (Å²) in [5.74, 6) is -5.02. The van der Waals surface area contributed by atoms with Crippen molar-refractivity contribution in [2.75, 3.05) is 26.2 Å². The fourth-order valence-electron chi connectivity index (χ4n) is 4.96. The predicted molar refractivity (Wildman–Crippen MR) is 109 cm³/mol. The second-order valence-corrected chi connectivity index (χ2v) is 8.31. The van der Waals surface area contributed by atoms with E-state index < -0.39 is 40.9 Å². The molecule has 2 N–H and O–H groups in total. The molecular weight excluding hydrogens is 407 g/mol. The van der Waals surface area contributed by atoms with Gasteiger partial charge in [0, 0.05) is 37.7 Å². The highest BCUT2D eigenvalue weighted by atomic mass is 19.1. The lowest BCUT2D eigenvalue weighted by Crippen LogP contribution is -2.46. The van der Waals surface area contributed by atoms with Crippen LogP contribution < -0.4 is 5.73 Å². The number of hydrogen-bond donors (Lipinski definition) is 1. The van der Waals surface area contributed by atoms with E-state index in [1.54, 1.807) is 0 Å². The van der Waals surface area contributed by atoms with E-state index >= 15 is 0 Å². The molecule has 2 aliphatic heterocycles. The maximum absolute atomic E-state index is 14.0. The van der Waals surface area contributed by atoms with Crippen LogP contribution in [0.2, 0.25) is 0 Å². The van der Waals surface area contributed by atoms with Gasteiger partial charge in [0.1, 0.15) is 23.0 Å². The number of amides is 2. The SMILES string of the molecule is NC(=O)C1[C@@H]2CN(C(=O)c3c(F)cc(F)cc3F)CC2CN1CCCc1ccccc1. The van der Waals surface area contributed by atoms with Gasteiger partial charge in [0.15, 0.2) is 0 Å². The molecule has 4 rings (SSSR count). The van der Waals surface area contributed by atoms with Crippen LogP contribution in [-0.4, -0.2) is 53.8 Å². The van der Waals surface area contributed by atoms with Crippen LogP contribution in [0, 0.1) is 29.3 Å². The van der Waals surface area contributed by atoms with Gasteiger partial charge in [0.2, 0.25) is 5.91 Å². The largest absolute Gasteiger partial charge is 0.368 e. The molecule has 31 heavy (non-hydrogen) atoms. The molecule has 2 heterocycles. The Bertz CT molecular complexity index is 962. The zero-order valence-corrected chi connectivity index (χ0v) is 16.9. The van der Waals surface area contributed by atoms with Gasteiger partial charge >= 0.3 is 0 Å². The molecule has 5 nitrogen and oxygen atoms in total. The molecular formula is C23H24F3N3O2. The van der Waals surface area contributed by atoms with Gasteiger partial charge in [-0.2, -0.15) is 0 Å². The summed E-state index contributed by atoms with van der Waals surface area (Å²) < 4.78 is 41.3. The van der Waals surface area contributed by atoms with Gasteiger partial charge < -0.3 is 10.6 Å².